The van der Waals surface area contributed by atoms with Crippen LogP contribution in [0.1, 0.15) is 16.1 Å². The first-order valence-electron chi connectivity index (χ1n) is 7.87. The van der Waals surface area contributed by atoms with Gasteiger partial charge < -0.3 is 15.5 Å². The van der Waals surface area contributed by atoms with Crippen LogP contribution in [0.3, 0.4) is 0 Å². The maximum atomic E-state index is 13.3. The standard InChI is InChI=1S/C17H17ClFN5O2/c1-24-15(13(18)8-22-24)17-21-9-14(26-17)16(25)23-12(7-20)6-10-3-2-4-11(19)5-10/h2-5,8-9,12H,6-7,20H2,1H3,(H,23,25)/t12-/m0/s1. The Morgan fingerprint density at radius 3 is 2.92 bits per heavy atom. The zero-order valence-electron chi connectivity index (χ0n) is 13.9. The molecule has 3 N–H and O–H groups in total. The van der Waals surface area contributed by atoms with E-state index >= 15 is 0 Å². The number of benzene rings is 1. The molecule has 0 saturated heterocycles. The van der Waals surface area contributed by atoms with Crippen molar-refractivity contribution in [2.45, 2.75) is 12.5 Å². The van der Waals surface area contributed by atoms with Crippen LogP contribution in [0.5, 0.6) is 0 Å². The molecule has 7 nitrogen and oxygen atoms in total. The van der Waals surface area contributed by atoms with E-state index < -0.39 is 5.91 Å². The predicted molar refractivity (Wildman–Crippen MR) is 94.1 cm³/mol. The van der Waals surface area contributed by atoms with Gasteiger partial charge in [0.15, 0.2) is 0 Å². The zero-order valence-corrected chi connectivity index (χ0v) is 14.7. The highest BCUT2D eigenvalue weighted by atomic mass is 35.5. The molecule has 0 fully saturated rings. The number of halogens is 2. The Morgan fingerprint density at radius 1 is 1.46 bits per heavy atom. The molecule has 1 atom stereocenters. The molecule has 0 aliphatic rings. The van der Waals surface area contributed by atoms with Crippen molar-refractivity contribution in [2.24, 2.45) is 12.8 Å². The molecular weight excluding hydrogens is 361 g/mol. The van der Waals surface area contributed by atoms with Gasteiger partial charge in [-0.15, -0.1) is 0 Å². The molecule has 0 aliphatic carbocycles. The second kappa shape index (κ2) is 7.67. The third kappa shape index (κ3) is 3.92. The molecule has 2 heterocycles. The molecule has 9 heteroatoms. The Morgan fingerprint density at radius 2 is 2.27 bits per heavy atom. The SMILES string of the molecule is Cn1ncc(Cl)c1-c1ncc(C(=O)N[C@H](CN)Cc2cccc(F)c2)o1. The summed E-state index contributed by atoms with van der Waals surface area (Å²) in [6.07, 6.45) is 3.17. The number of oxazole rings is 1. The van der Waals surface area contributed by atoms with Crippen molar-refractivity contribution in [3.63, 3.8) is 0 Å². The fraction of sp³-hybridized carbons (Fsp3) is 0.235. The molecular formula is C17H17ClFN5O2. The molecule has 0 spiro atoms. The molecule has 0 saturated carbocycles. The van der Waals surface area contributed by atoms with Gasteiger partial charge in [-0.25, -0.2) is 9.37 Å². The molecule has 136 valence electrons. The summed E-state index contributed by atoms with van der Waals surface area (Å²) in [7, 11) is 1.69. The fourth-order valence-electron chi connectivity index (χ4n) is 2.54. The number of aromatic nitrogens is 3. The molecule has 0 bridgehead atoms. The van der Waals surface area contributed by atoms with Gasteiger partial charge in [0.05, 0.1) is 17.4 Å². The molecule has 0 aliphatic heterocycles. The number of amides is 1. The summed E-state index contributed by atoms with van der Waals surface area (Å²) in [5, 5.41) is 7.13. The first-order chi connectivity index (χ1) is 12.5. The topological polar surface area (TPSA) is 99.0 Å². The average Bonchev–Trinajstić information content (AvgIpc) is 3.21. The Bertz CT molecular complexity index is 904. The zero-order chi connectivity index (χ0) is 18.7. The van der Waals surface area contributed by atoms with E-state index in [1.54, 1.807) is 19.2 Å². The highest BCUT2D eigenvalue weighted by Gasteiger charge is 2.20. The smallest absolute Gasteiger partial charge is 0.289 e. The lowest BCUT2D eigenvalue weighted by Crippen LogP contribution is -2.41. The lowest BCUT2D eigenvalue weighted by Gasteiger charge is -2.16. The Balaban J connectivity index is 1.71. The van der Waals surface area contributed by atoms with Crippen molar-refractivity contribution in [3.05, 3.63) is 58.8 Å². The van der Waals surface area contributed by atoms with Crippen molar-refractivity contribution >= 4 is 17.5 Å². The third-order valence-electron chi connectivity index (χ3n) is 3.82. The summed E-state index contributed by atoms with van der Waals surface area (Å²) in [6.45, 7) is 0.191. The molecule has 3 rings (SSSR count). The van der Waals surface area contributed by atoms with Gasteiger partial charge in [-0.3, -0.25) is 9.48 Å². The number of nitrogens with two attached hydrogens (primary N) is 1. The molecule has 1 aromatic carbocycles. The lowest BCUT2D eigenvalue weighted by atomic mass is 10.1. The predicted octanol–water partition coefficient (Wildman–Crippen LogP) is 2.17. The Hall–Kier alpha value is -2.71. The van der Waals surface area contributed by atoms with Gasteiger partial charge in [0.1, 0.15) is 11.5 Å². The molecule has 1 amide bonds. The van der Waals surface area contributed by atoms with Crippen LogP contribution < -0.4 is 11.1 Å². The molecule has 3 aromatic rings. The largest absolute Gasteiger partial charge is 0.429 e. The quantitative estimate of drug-likeness (QED) is 0.685. The molecule has 0 unspecified atom stereocenters. The van der Waals surface area contributed by atoms with Gasteiger partial charge in [0.2, 0.25) is 11.7 Å². The minimum atomic E-state index is -0.464. The van der Waals surface area contributed by atoms with E-state index in [0.717, 1.165) is 5.56 Å². The van der Waals surface area contributed by atoms with Crippen LogP contribution >= 0.6 is 11.6 Å². The molecule has 2 aromatic heterocycles. The minimum absolute atomic E-state index is 0.0231. The van der Waals surface area contributed by atoms with Gasteiger partial charge >= 0.3 is 0 Å². The van der Waals surface area contributed by atoms with Crippen LogP contribution in [-0.4, -0.2) is 33.3 Å². The maximum absolute atomic E-state index is 13.3. The van der Waals surface area contributed by atoms with Gasteiger partial charge in [-0.1, -0.05) is 23.7 Å². The van der Waals surface area contributed by atoms with Crippen molar-refractivity contribution in [2.75, 3.05) is 6.54 Å². The minimum Gasteiger partial charge on any atom is -0.429 e. The van der Waals surface area contributed by atoms with Crippen molar-refractivity contribution in [1.82, 2.24) is 20.1 Å². The number of rotatable bonds is 6. The van der Waals surface area contributed by atoms with E-state index in [4.69, 9.17) is 21.8 Å². The number of hydrogen-bond donors (Lipinski definition) is 2. The molecule has 0 radical (unpaired) electrons. The van der Waals surface area contributed by atoms with Crippen LogP contribution in [0.25, 0.3) is 11.6 Å². The summed E-state index contributed by atoms with van der Waals surface area (Å²) in [5.74, 6) is -0.587. The normalized spacial score (nSPS) is 12.2. The van der Waals surface area contributed by atoms with E-state index in [2.05, 4.69) is 15.4 Å². The summed E-state index contributed by atoms with van der Waals surface area (Å²) >= 11 is 6.05. The highest BCUT2D eigenvalue weighted by Crippen LogP contribution is 2.26. The number of aryl methyl sites for hydroxylation is 1. The van der Waals surface area contributed by atoms with E-state index in [1.165, 1.54) is 29.2 Å². The maximum Gasteiger partial charge on any atom is 0.289 e. The van der Waals surface area contributed by atoms with Crippen LogP contribution in [-0.2, 0) is 13.5 Å². The van der Waals surface area contributed by atoms with E-state index in [9.17, 15) is 9.18 Å². The Kier molecular flexibility index (Phi) is 5.34. The molecule has 26 heavy (non-hydrogen) atoms. The number of hydrogen-bond acceptors (Lipinski definition) is 5. The third-order valence-corrected chi connectivity index (χ3v) is 4.09. The average molecular weight is 378 g/mol. The highest BCUT2D eigenvalue weighted by molar-refractivity contribution is 6.32. The summed E-state index contributed by atoms with van der Waals surface area (Å²) < 4.78 is 20.3. The fourth-order valence-corrected chi connectivity index (χ4v) is 2.78. The van der Waals surface area contributed by atoms with Crippen molar-refractivity contribution < 1.29 is 13.6 Å². The number of nitrogens with one attached hydrogen (secondary N) is 1. The van der Waals surface area contributed by atoms with Gasteiger partial charge in [0, 0.05) is 19.6 Å². The van der Waals surface area contributed by atoms with Crippen molar-refractivity contribution in [3.8, 4) is 11.6 Å². The first-order valence-corrected chi connectivity index (χ1v) is 8.24. The van der Waals surface area contributed by atoms with Crippen LogP contribution in [0.2, 0.25) is 5.02 Å². The van der Waals surface area contributed by atoms with Crippen LogP contribution in [0, 0.1) is 5.82 Å². The van der Waals surface area contributed by atoms with E-state index in [1.807, 2.05) is 0 Å². The number of carbonyl (C=O) groups excluding carboxylic acids is 1. The lowest BCUT2D eigenvalue weighted by molar-refractivity contribution is 0.0911. The van der Waals surface area contributed by atoms with Crippen LogP contribution in [0.4, 0.5) is 4.39 Å². The number of nitrogens with zero attached hydrogens (tertiary/aromatic N) is 3. The van der Waals surface area contributed by atoms with E-state index in [0.29, 0.717) is 17.1 Å². The van der Waals surface area contributed by atoms with Gasteiger partial charge in [0.25, 0.3) is 5.91 Å². The number of carbonyl (C=O) groups is 1. The van der Waals surface area contributed by atoms with Crippen molar-refractivity contribution in [1.29, 1.82) is 0 Å². The van der Waals surface area contributed by atoms with Gasteiger partial charge in [-0.2, -0.15) is 5.10 Å². The van der Waals surface area contributed by atoms with Gasteiger partial charge in [-0.05, 0) is 24.1 Å². The monoisotopic (exact) mass is 377 g/mol. The summed E-state index contributed by atoms with van der Waals surface area (Å²) in [6, 6.07) is 5.78. The summed E-state index contributed by atoms with van der Waals surface area (Å²) in [4.78, 5) is 16.5. The Labute approximate surface area is 154 Å². The van der Waals surface area contributed by atoms with E-state index in [-0.39, 0.29) is 30.1 Å². The summed E-state index contributed by atoms with van der Waals surface area (Å²) in [5.41, 5.74) is 6.93. The first kappa shape index (κ1) is 18.1. The second-order valence-electron chi connectivity index (χ2n) is 5.73. The van der Waals surface area contributed by atoms with Crippen LogP contribution in [0.15, 0.2) is 41.1 Å². The second-order valence-corrected chi connectivity index (χ2v) is 6.14.